The molecule has 0 fully saturated rings. The molecule has 22 heavy (non-hydrogen) atoms. The van der Waals surface area contributed by atoms with E-state index in [1.54, 1.807) is 36.7 Å². The number of pyridine rings is 1. The van der Waals surface area contributed by atoms with Crippen LogP contribution in [0, 0.1) is 0 Å². The SMILES string of the molecule is COc1ccncc1-c1cccc2c1ncn2CC(F)(F)F. The molecule has 0 saturated heterocycles. The van der Waals surface area contributed by atoms with Crippen LogP contribution in [0.15, 0.2) is 43.0 Å². The molecule has 0 radical (unpaired) electrons. The Bertz CT molecular complexity index is 811. The van der Waals surface area contributed by atoms with E-state index in [0.717, 1.165) is 4.57 Å². The van der Waals surface area contributed by atoms with Gasteiger partial charge in [-0.1, -0.05) is 12.1 Å². The maximum Gasteiger partial charge on any atom is 0.406 e. The molecule has 2 aromatic heterocycles. The summed E-state index contributed by atoms with van der Waals surface area (Å²) >= 11 is 0. The third-order valence-corrected chi connectivity index (χ3v) is 3.29. The minimum Gasteiger partial charge on any atom is -0.496 e. The molecular formula is C15H12F3N3O. The molecule has 0 aliphatic carbocycles. The molecule has 3 rings (SSSR count). The van der Waals surface area contributed by atoms with Crippen LogP contribution >= 0.6 is 0 Å². The highest BCUT2D eigenvalue weighted by atomic mass is 19.4. The molecule has 0 aliphatic heterocycles. The predicted octanol–water partition coefficient (Wildman–Crippen LogP) is 3.67. The molecule has 0 spiro atoms. The fourth-order valence-corrected chi connectivity index (χ4v) is 2.39. The summed E-state index contributed by atoms with van der Waals surface area (Å²) < 4.78 is 44.2. The van der Waals surface area contributed by atoms with Gasteiger partial charge in [-0.3, -0.25) is 4.98 Å². The fraction of sp³-hybridized carbons (Fsp3) is 0.200. The van der Waals surface area contributed by atoms with E-state index in [1.807, 2.05) is 0 Å². The van der Waals surface area contributed by atoms with Crippen molar-refractivity contribution >= 4 is 11.0 Å². The van der Waals surface area contributed by atoms with Crippen LogP contribution in [0.2, 0.25) is 0 Å². The number of aromatic nitrogens is 3. The van der Waals surface area contributed by atoms with Gasteiger partial charge in [-0.05, 0) is 12.1 Å². The molecule has 114 valence electrons. The number of alkyl halides is 3. The fourth-order valence-electron chi connectivity index (χ4n) is 2.39. The number of fused-ring (bicyclic) bond motifs is 1. The topological polar surface area (TPSA) is 39.9 Å². The highest BCUT2D eigenvalue weighted by molar-refractivity contribution is 5.93. The number of ether oxygens (including phenoxy) is 1. The van der Waals surface area contributed by atoms with Crippen molar-refractivity contribution in [1.82, 2.24) is 14.5 Å². The maximum atomic E-state index is 12.6. The first-order valence-electron chi connectivity index (χ1n) is 6.48. The molecule has 0 bridgehead atoms. The molecule has 7 heteroatoms. The lowest BCUT2D eigenvalue weighted by molar-refractivity contribution is -0.139. The van der Waals surface area contributed by atoms with E-state index < -0.39 is 12.7 Å². The van der Waals surface area contributed by atoms with E-state index in [1.165, 1.54) is 13.4 Å². The lowest BCUT2D eigenvalue weighted by Gasteiger charge is -2.10. The first kappa shape index (κ1) is 14.4. The van der Waals surface area contributed by atoms with Crippen molar-refractivity contribution in [3.8, 4) is 16.9 Å². The second-order valence-electron chi connectivity index (χ2n) is 4.74. The van der Waals surface area contributed by atoms with Gasteiger partial charge in [0.25, 0.3) is 0 Å². The minimum atomic E-state index is -4.30. The quantitative estimate of drug-likeness (QED) is 0.741. The Morgan fingerprint density at radius 2 is 2.00 bits per heavy atom. The molecule has 0 N–H and O–H groups in total. The third kappa shape index (κ3) is 2.61. The summed E-state index contributed by atoms with van der Waals surface area (Å²) in [6.07, 6.45) is 0.0985. The van der Waals surface area contributed by atoms with Crippen molar-refractivity contribution < 1.29 is 17.9 Å². The van der Waals surface area contributed by atoms with Crippen molar-refractivity contribution in [2.24, 2.45) is 0 Å². The number of benzene rings is 1. The summed E-state index contributed by atoms with van der Waals surface area (Å²) in [4.78, 5) is 8.18. The van der Waals surface area contributed by atoms with E-state index in [0.29, 0.717) is 27.9 Å². The summed E-state index contributed by atoms with van der Waals surface area (Å²) in [5.74, 6) is 0.591. The smallest absolute Gasteiger partial charge is 0.406 e. The first-order chi connectivity index (χ1) is 10.5. The van der Waals surface area contributed by atoms with Crippen molar-refractivity contribution in [1.29, 1.82) is 0 Å². The van der Waals surface area contributed by atoms with Gasteiger partial charge >= 0.3 is 6.18 Å². The van der Waals surface area contributed by atoms with Crippen molar-refractivity contribution in [2.75, 3.05) is 7.11 Å². The number of hydrogen-bond acceptors (Lipinski definition) is 3. The Balaban J connectivity index is 2.16. The molecule has 2 heterocycles. The third-order valence-electron chi connectivity index (χ3n) is 3.29. The number of para-hydroxylation sites is 1. The van der Waals surface area contributed by atoms with Gasteiger partial charge in [-0.2, -0.15) is 13.2 Å². The largest absolute Gasteiger partial charge is 0.496 e. The summed E-state index contributed by atoms with van der Waals surface area (Å²) in [7, 11) is 1.53. The lowest BCUT2D eigenvalue weighted by Crippen LogP contribution is -2.16. The van der Waals surface area contributed by atoms with E-state index in [-0.39, 0.29) is 0 Å². The standard InChI is InChI=1S/C15H12F3N3O/c1-22-13-5-6-19-7-11(13)10-3-2-4-12-14(10)20-9-21(12)8-15(16,17)18/h2-7,9H,8H2,1H3. The monoisotopic (exact) mass is 307 g/mol. The zero-order chi connectivity index (χ0) is 15.7. The molecule has 0 amide bonds. The number of hydrogen-bond donors (Lipinski definition) is 0. The second-order valence-corrected chi connectivity index (χ2v) is 4.74. The van der Waals surface area contributed by atoms with Crippen molar-refractivity contribution in [2.45, 2.75) is 12.7 Å². The van der Waals surface area contributed by atoms with Gasteiger partial charge in [0.15, 0.2) is 0 Å². The van der Waals surface area contributed by atoms with E-state index >= 15 is 0 Å². The van der Waals surface area contributed by atoms with Crippen molar-refractivity contribution in [3.63, 3.8) is 0 Å². The molecule has 1 aromatic carbocycles. The Kier molecular flexibility index (Phi) is 3.48. The molecule has 0 atom stereocenters. The average molecular weight is 307 g/mol. The van der Waals surface area contributed by atoms with Crippen LogP contribution in [0.4, 0.5) is 13.2 Å². The Labute approximate surface area is 124 Å². The molecule has 0 aliphatic rings. The van der Waals surface area contributed by atoms with Crippen LogP contribution in [0.3, 0.4) is 0 Å². The molecule has 0 saturated carbocycles. The predicted molar refractivity (Wildman–Crippen MR) is 75.6 cm³/mol. The Morgan fingerprint density at radius 3 is 2.73 bits per heavy atom. The highest BCUT2D eigenvalue weighted by Gasteiger charge is 2.28. The minimum absolute atomic E-state index is 0.417. The first-order valence-corrected chi connectivity index (χ1v) is 6.48. The van der Waals surface area contributed by atoms with Gasteiger partial charge in [-0.15, -0.1) is 0 Å². The summed E-state index contributed by atoms with van der Waals surface area (Å²) in [6, 6.07) is 6.78. The Hall–Kier alpha value is -2.57. The highest BCUT2D eigenvalue weighted by Crippen LogP contribution is 2.34. The van der Waals surface area contributed by atoms with E-state index in [9.17, 15) is 13.2 Å². The van der Waals surface area contributed by atoms with Gasteiger partial charge < -0.3 is 9.30 Å². The van der Waals surface area contributed by atoms with Crippen LogP contribution in [0.25, 0.3) is 22.2 Å². The normalized spacial score (nSPS) is 11.8. The number of nitrogens with zero attached hydrogens (tertiary/aromatic N) is 3. The zero-order valence-corrected chi connectivity index (χ0v) is 11.6. The maximum absolute atomic E-state index is 12.6. The van der Waals surface area contributed by atoms with Gasteiger partial charge in [0.05, 0.1) is 24.5 Å². The summed E-state index contributed by atoms with van der Waals surface area (Å²) in [5, 5.41) is 0. The van der Waals surface area contributed by atoms with Gasteiger partial charge in [0, 0.05) is 23.5 Å². The lowest BCUT2D eigenvalue weighted by atomic mass is 10.1. The number of methoxy groups -OCH3 is 1. The molecule has 0 unspecified atom stereocenters. The van der Waals surface area contributed by atoms with Crippen LogP contribution < -0.4 is 4.74 Å². The van der Waals surface area contributed by atoms with E-state index in [2.05, 4.69) is 9.97 Å². The van der Waals surface area contributed by atoms with Crippen molar-refractivity contribution in [3.05, 3.63) is 43.0 Å². The van der Waals surface area contributed by atoms with Gasteiger partial charge in [0.2, 0.25) is 0 Å². The van der Waals surface area contributed by atoms with Crippen LogP contribution in [0.1, 0.15) is 0 Å². The average Bonchev–Trinajstić information content (AvgIpc) is 2.88. The molecular weight excluding hydrogens is 295 g/mol. The molecule has 4 nitrogen and oxygen atoms in total. The van der Waals surface area contributed by atoms with Crippen LogP contribution in [-0.4, -0.2) is 27.8 Å². The van der Waals surface area contributed by atoms with Gasteiger partial charge in [-0.25, -0.2) is 4.98 Å². The van der Waals surface area contributed by atoms with Crippen LogP contribution in [-0.2, 0) is 6.54 Å². The van der Waals surface area contributed by atoms with Gasteiger partial charge in [0.1, 0.15) is 12.3 Å². The van der Waals surface area contributed by atoms with Crippen LogP contribution in [0.5, 0.6) is 5.75 Å². The second kappa shape index (κ2) is 5.32. The number of imidazole rings is 1. The molecule has 3 aromatic rings. The summed E-state index contributed by atoms with van der Waals surface area (Å²) in [6.45, 7) is -1.07. The zero-order valence-electron chi connectivity index (χ0n) is 11.6. The number of rotatable bonds is 3. The Morgan fingerprint density at radius 1 is 1.18 bits per heavy atom. The number of halogens is 3. The summed E-state index contributed by atoms with van der Waals surface area (Å²) in [5.41, 5.74) is 2.27. The van der Waals surface area contributed by atoms with E-state index in [4.69, 9.17) is 4.74 Å².